The maximum absolute atomic E-state index is 13.8. The van der Waals surface area contributed by atoms with Crippen molar-refractivity contribution in [3.05, 3.63) is 107 Å². The van der Waals surface area contributed by atoms with Crippen LogP contribution >= 0.6 is 0 Å². The van der Waals surface area contributed by atoms with Gasteiger partial charge in [-0.15, -0.1) is 0 Å². The SMILES string of the molecule is CC/C(=C(/c1ccc(/C=C/C(O)O)cc1)c1ccc2[nH]ncc2c1)c1ccc(F)cc1C. The number of hydrogen-bond donors (Lipinski definition) is 3. The van der Waals surface area contributed by atoms with Crippen LogP contribution in [0.4, 0.5) is 4.39 Å². The molecule has 5 heteroatoms. The molecular weight excluding hydrogens is 403 g/mol. The molecule has 0 amide bonds. The topological polar surface area (TPSA) is 69.1 Å². The highest BCUT2D eigenvalue weighted by molar-refractivity contribution is 6.00. The van der Waals surface area contributed by atoms with Crippen molar-refractivity contribution in [2.24, 2.45) is 0 Å². The lowest BCUT2D eigenvalue weighted by Gasteiger charge is -2.18. The van der Waals surface area contributed by atoms with E-state index in [0.717, 1.165) is 56.3 Å². The summed E-state index contributed by atoms with van der Waals surface area (Å²) < 4.78 is 13.8. The van der Waals surface area contributed by atoms with Crippen molar-refractivity contribution < 1.29 is 14.6 Å². The van der Waals surface area contributed by atoms with Gasteiger partial charge < -0.3 is 10.2 Å². The number of nitrogens with zero attached hydrogens (tertiary/aromatic N) is 1. The Morgan fingerprint density at radius 1 is 1.03 bits per heavy atom. The minimum atomic E-state index is -1.49. The zero-order valence-electron chi connectivity index (χ0n) is 18.0. The molecule has 162 valence electrons. The standard InChI is InChI=1S/C27H25FN2O2/c1-3-23(24-11-10-22(28)14-17(24)2)27(20-9-12-25-21(15-20)16-29-30-25)19-7-4-18(5-8-19)6-13-26(31)32/h4-16,26,31-32H,3H2,1-2H3,(H,29,30)/b13-6+,27-23+. The first-order chi connectivity index (χ1) is 15.5. The maximum Gasteiger partial charge on any atom is 0.171 e. The molecule has 0 saturated heterocycles. The Bertz CT molecular complexity index is 1300. The highest BCUT2D eigenvalue weighted by Gasteiger charge is 2.16. The number of rotatable bonds is 6. The molecule has 4 nitrogen and oxygen atoms in total. The number of aromatic nitrogens is 2. The third kappa shape index (κ3) is 4.54. The second-order valence-corrected chi connectivity index (χ2v) is 7.73. The molecule has 0 aliphatic carbocycles. The van der Waals surface area contributed by atoms with E-state index in [2.05, 4.69) is 29.3 Å². The van der Waals surface area contributed by atoms with Gasteiger partial charge in [-0.25, -0.2) is 4.39 Å². The van der Waals surface area contributed by atoms with Crippen molar-refractivity contribution in [1.82, 2.24) is 10.2 Å². The summed E-state index contributed by atoms with van der Waals surface area (Å²) in [5.41, 5.74) is 8.00. The second kappa shape index (κ2) is 9.30. The molecule has 0 spiro atoms. The Morgan fingerprint density at radius 3 is 2.47 bits per heavy atom. The van der Waals surface area contributed by atoms with Crippen LogP contribution in [0.1, 0.15) is 41.2 Å². The molecule has 0 bridgehead atoms. The first kappa shape index (κ1) is 21.7. The molecule has 0 fully saturated rings. The highest BCUT2D eigenvalue weighted by Crippen LogP contribution is 2.36. The van der Waals surface area contributed by atoms with E-state index in [1.54, 1.807) is 18.3 Å². The summed E-state index contributed by atoms with van der Waals surface area (Å²) in [6.07, 6.45) is 4.07. The third-order valence-electron chi connectivity index (χ3n) is 5.56. The van der Waals surface area contributed by atoms with Gasteiger partial charge in [0, 0.05) is 5.39 Å². The normalized spacial score (nSPS) is 12.7. The highest BCUT2D eigenvalue weighted by atomic mass is 19.1. The van der Waals surface area contributed by atoms with Gasteiger partial charge in [0.25, 0.3) is 0 Å². The Morgan fingerprint density at radius 2 is 1.78 bits per heavy atom. The summed E-state index contributed by atoms with van der Waals surface area (Å²) in [6, 6.07) is 19.0. The number of benzene rings is 3. The van der Waals surface area contributed by atoms with Crippen molar-refractivity contribution in [3.8, 4) is 0 Å². The molecule has 0 radical (unpaired) electrons. The van der Waals surface area contributed by atoms with Crippen LogP contribution in [0.5, 0.6) is 0 Å². The number of aromatic amines is 1. The number of aliphatic hydroxyl groups is 2. The van der Waals surface area contributed by atoms with E-state index >= 15 is 0 Å². The largest absolute Gasteiger partial charge is 0.365 e. The minimum Gasteiger partial charge on any atom is -0.365 e. The van der Waals surface area contributed by atoms with Crippen LogP contribution in [0.2, 0.25) is 0 Å². The Hall–Kier alpha value is -3.54. The average Bonchev–Trinajstić information content (AvgIpc) is 3.25. The predicted octanol–water partition coefficient (Wildman–Crippen LogP) is 5.70. The molecule has 3 N–H and O–H groups in total. The van der Waals surface area contributed by atoms with Crippen LogP contribution in [0.25, 0.3) is 28.1 Å². The van der Waals surface area contributed by atoms with Crippen LogP contribution in [0, 0.1) is 12.7 Å². The number of hydrogen-bond acceptors (Lipinski definition) is 3. The minimum absolute atomic E-state index is 0.245. The lowest BCUT2D eigenvalue weighted by Crippen LogP contribution is -1.98. The van der Waals surface area contributed by atoms with Gasteiger partial charge in [0.05, 0.1) is 11.7 Å². The molecule has 4 rings (SSSR count). The smallest absolute Gasteiger partial charge is 0.171 e. The third-order valence-corrected chi connectivity index (χ3v) is 5.56. The lowest BCUT2D eigenvalue weighted by molar-refractivity contribution is 0.00303. The van der Waals surface area contributed by atoms with Crippen LogP contribution < -0.4 is 0 Å². The van der Waals surface area contributed by atoms with Crippen molar-refractivity contribution in [1.29, 1.82) is 0 Å². The summed E-state index contributed by atoms with van der Waals surface area (Å²) in [7, 11) is 0. The number of aryl methyl sites for hydroxylation is 1. The molecule has 4 aromatic rings. The molecule has 32 heavy (non-hydrogen) atoms. The van der Waals surface area contributed by atoms with Gasteiger partial charge in [-0.1, -0.05) is 49.4 Å². The van der Waals surface area contributed by atoms with E-state index in [1.165, 1.54) is 12.1 Å². The number of fused-ring (bicyclic) bond motifs is 1. The van der Waals surface area contributed by atoms with E-state index in [1.807, 2.05) is 43.3 Å². The molecule has 0 aliphatic heterocycles. The average molecular weight is 429 g/mol. The van der Waals surface area contributed by atoms with E-state index in [-0.39, 0.29) is 5.82 Å². The summed E-state index contributed by atoms with van der Waals surface area (Å²) in [5.74, 6) is -0.245. The zero-order valence-corrected chi connectivity index (χ0v) is 18.0. The summed E-state index contributed by atoms with van der Waals surface area (Å²) in [5, 5.41) is 26.3. The Labute approximate surface area is 186 Å². The lowest BCUT2D eigenvalue weighted by atomic mass is 9.86. The monoisotopic (exact) mass is 428 g/mol. The van der Waals surface area contributed by atoms with E-state index in [0.29, 0.717) is 0 Å². The van der Waals surface area contributed by atoms with Gasteiger partial charge >= 0.3 is 0 Å². The molecule has 0 aliphatic rings. The number of halogens is 1. The summed E-state index contributed by atoms with van der Waals surface area (Å²) >= 11 is 0. The van der Waals surface area contributed by atoms with Crippen LogP contribution in [-0.4, -0.2) is 26.7 Å². The fourth-order valence-corrected chi connectivity index (χ4v) is 4.04. The first-order valence-electron chi connectivity index (χ1n) is 10.5. The van der Waals surface area contributed by atoms with E-state index < -0.39 is 6.29 Å². The van der Waals surface area contributed by atoms with Gasteiger partial charge in [-0.2, -0.15) is 5.10 Å². The molecule has 0 saturated carbocycles. The van der Waals surface area contributed by atoms with Crippen molar-refractivity contribution in [2.75, 3.05) is 0 Å². The van der Waals surface area contributed by atoms with Gasteiger partial charge in [0.2, 0.25) is 0 Å². The summed E-state index contributed by atoms with van der Waals surface area (Å²) in [4.78, 5) is 0. The molecule has 3 aromatic carbocycles. The fraction of sp³-hybridized carbons (Fsp3) is 0.148. The van der Waals surface area contributed by atoms with Gasteiger partial charge in [-0.3, -0.25) is 5.10 Å². The molecule has 0 unspecified atom stereocenters. The maximum atomic E-state index is 13.8. The predicted molar refractivity (Wildman–Crippen MR) is 127 cm³/mol. The Kier molecular flexibility index (Phi) is 6.30. The summed E-state index contributed by atoms with van der Waals surface area (Å²) in [6.45, 7) is 4.04. The van der Waals surface area contributed by atoms with E-state index in [9.17, 15) is 4.39 Å². The van der Waals surface area contributed by atoms with Crippen LogP contribution in [0.15, 0.2) is 72.9 Å². The zero-order chi connectivity index (χ0) is 22.7. The van der Waals surface area contributed by atoms with Crippen molar-refractivity contribution >= 4 is 28.1 Å². The number of allylic oxidation sites excluding steroid dienone is 1. The first-order valence-corrected chi connectivity index (χ1v) is 10.5. The van der Waals surface area contributed by atoms with Gasteiger partial charge in [0.15, 0.2) is 6.29 Å². The molecular formula is C27H25FN2O2. The van der Waals surface area contributed by atoms with Crippen LogP contribution in [-0.2, 0) is 0 Å². The quantitative estimate of drug-likeness (QED) is 0.272. The Balaban J connectivity index is 1.92. The number of nitrogens with one attached hydrogen (secondary N) is 1. The van der Waals surface area contributed by atoms with Gasteiger partial charge in [-0.05, 0) is 82.6 Å². The van der Waals surface area contributed by atoms with E-state index in [4.69, 9.17) is 10.2 Å². The molecule has 0 atom stereocenters. The molecule has 1 aromatic heterocycles. The number of H-pyrrole nitrogens is 1. The number of aliphatic hydroxyl groups excluding tert-OH is 1. The van der Waals surface area contributed by atoms with Gasteiger partial charge in [0.1, 0.15) is 5.82 Å². The van der Waals surface area contributed by atoms with Crippen LogP contribution in [0.3, 0.4) is 0 Å². The second-order valence-electron chi connectivity index (χ2n) is 7.73. The fourth-order valence-electron chi connectivity index (χ4n) is 4.04. The van der Waals surface area contributed by atoms with Crippen molar-refractivity contribution in [2.45, 2.75) is 26.6 Å². The molecule has 1 heterocycles. The van der Waals surface area contributed by atoms with Crippen molar-refractivity contribution in [3.63, 3.8) is 0 Å².